The van der Waals surface area contributed by atoms with Crippen LogP contribution in [0.3, 0.4) is 0 Å². The average Bonchev–Trinajstić information content (AvgIpc) is 2.76. The number of anilines is 1. The van der Waals surface area contributed by atoms with Gasteiger partial charge in [-0.05, 0) is 49.4 Å². The fourth-order valence-corrected chi connectivity index (χ4v) is 3.15. The second-order valence-corrected chi connectivity index (χ2v) is 6.93. The molecule has 2 aromatic carbocycles. The first kappa shape index (κ1) is 15.8. The van der Waals surface area contributed by atoms with Crippen molar-refractivity contribution in [2.45, 2.75) is 45.6 Å². The molecule has 1 heterocycles. The van der Waals surface area contributed by atoms with Crippen LogP contribution in [0.15, 0.2) is 36.4 Å². The quantitative estimate of drug-likeness (QED) is 0.905. The first-order valence-electron chi connectivity index (χ1n) is 8.15. The molecule has 0 bridgehead atoms. The molecule has 0 fully saturated rings. The Morgan fingerprint density at radius 2 is 1.83 bits per heavy atom. The monoisotopic (exact) mass is 308 g/mol. The number of nitrogens with one attached hydrogen (secondary N) is 1. The van der Waals surface area contributed by atoms with Gasteiger partial charge in [-0.3, -0.25) is 4.79 Å². The minimum Gasteiger partial charge on any atom is -0.325 e. The maximum Gasteiger partial charge on any atom is 0.234 e. The number of fused-ring (bicyclic) bond motifs is 1. The van der Waals surface area contributed by atoms with Gasteiger partial charge in [0, 0.05) is 0 Å². The third-order valence-electron chi connectivity index (χ3n) is 4.89. The number of rotatable bonds is 3. The van der Waals surface area contributed by atoms with E-state index >= 15 is 0 Å². The Hall–Kier alpha value is -2.13. The molecule has 1 amide bonds. The molecule has 1 aliphatic rings. The normalized spacial score (nSPS) is 16.8. The average molecular weight is 308 g/mol. The summed E-state index contributed by atoms with van der Waals surface area (Å²) in [5.41, 5.74) is 12.5. The van der Waals surface area contributed by atoms with Gasteiger partial charge in [0.25, 0.3) is 0 Å². The summed E-state index contributed by atoms with van der Waals surface area (Å²) < 4.78 is 0. The van der Waals surface area contributed by atoms with Crippen LogP contribution in [0.1, 0.15) is 54.6 Å². The lowest BCUT2D eigenvalue weighted by atomic mass is 9.82. The topological polar surface area (TPSA) is 55.1 Å². The number of hydrogen-bond donors (Lipinski definition) is 2. The van der Waals surface area contributed by atoms with Gasteiger partial charge in [-0.15, -0.1) is 0 Å². The zero-order valence-electron chi connectivity index (χ0n) is 14.2. The van der Waals surface area contributed by atoms with Gasteiger partial charge in [0.1, 0.15) is 0 Å². The first-order valence-corrected chi connectivity index (χ1v) is 8.15. The summed E-state index contributed by atoms with van der Waals surface area (Å²) in [5.74, 6) is 0.0399. The van der Waals surface area contributed by atoms with Crippen LogP contribution in [0.2, 0.25) is 0 Å². The minimum atomic E-state index is -0.512. The second kappa shape index (κ2) is 5.50. The van der Waals surface area contributed by atoms with E-state index in [1.165, 1.54) is 11.1 Å². The fourth-order valence-electron chi connectivity index (χ4n) is 3.15. The third-order valence-corrected chi connectivity index (χ3v) is 4.89. The Morgan fingerprint density at radius 1 is 1.17 bits per heavy atom. The second-order valence-electron chi connectivity index (χ2n) is 6.93. The summed E-state index contributed by atoms with van der Waals surface area (Å²) in [6.07, 6.45) is 0.922. The van der Waals surface area contributed by atoms with Crippen molar-refractivity contribution in [3.8, 4) is 0 Å². The van der Waals surface area contributed by atoms with Crippen LogP contribution >= 0.6 is 0 Å². The molecule has 3 N–H and O–H groups in total. The zero-order chi connectivity index (χ0) is 16.8. The van der Waals surface area contributed by atoms with E-state index < -0.39 is 5.41 Å². The van der Waals surface area contributed by atoms with Gasteiger partial charge in [0.15, 0.2) is 0 Å². The van der Waals surface area contributed by atoms with E-state index in [9.17, 15) is 4.79 Å². The van der Waals surface area contributed by atoms with Crippen LogP contribution in [-0.2, 0) is 16.6 Å². The lowest BCUT2D eigenvalue weighted by Gasteiger charge is -2.20. The number of carbonyl (C=O) groups excluding carboxylic acids is 1. The molecule has 120 valence electrons. The Morgan fingerprint density at radius 3 is 2.43 bits per heavy atom. The number of amides is 1. The lowest BCUT2D eigenvalue weighted by molar-refractivity contribution is -0.119. The van der Waals surface area contributed by atoms with Gasteiger partial charge >= 0.3 is 0 Å². The van der Waals surface area contributed by atoms with Crippen LogP contribution in [0.4, 0.5) is 5.69 Å². The zero-order valence-corrected chi connectivity index (χ0v) is 14.2. The highest BCUT2D eigenvalue weighted by molar-refractivity contribution is 6.06. The van der Waals surface area contributed by atoms with Crippen LogP contribution in [0.5, 0.6) is 0 Å². The van der Waals surface area contributed by atoms with Gasteiger partial charge in [-0.25, -0.2) is 0 Å². The summed E-state index contributed by atoms with van der Waals surface area (Å²) in [5, 5.41) is 3.05. The van der Waals surface area contributed by atoms with E-state index in [0.717, 1.165) is 28.8 Å². The molecule has 0 saturated carbocycles. The summed E-state index contributed by atoms with van der Waals surface area (Å²) in [6.45, 7) is 8.12. The molecular weight excluding hydrogens is 284 g/mol. The van der Waals surface area contributed by atoms with Crippen LogP contribution in [-0.4, -0.2) is 5.91 Å². The number of nitrogens with two attached hydrogens (primary N) is 1. The van der Waals surface area contributed by atoms with Crippen molar-refractivity contribution in [2.75, 3.05) is 5.32 Å². The highest BCUT2D eigenvalue weighted by Crippen LogP contribution is 2.42. The van der Waals surface area contributed by atoms with Crippen molar-refractivity contribution in [1.29, 1.82) is 0 Å². The number of hydrogen-bond acceptors (Lipinski definition) is 2. The van der Waals surface area contributed by atoms with Gasteiger partial charge in [0.05, 0.1) is 17.1 Å². The Labute approximate surface area is 137 Å². The summed E-state index contributed by atoms with van der Waals surface area (Å²) in [7, 11) is 0. The molecule has 3 heteroatoms. The lowest BCUT2D eigenvalue weighted by Crippen LogP contribution is -2.26. The van der Waals surface area contributed by atoms with Gasteiger partial charge in [-0.2, -0.15) is 0 Å². The molecule has 1 unspecified atom stereocenters. The molecule has 0 aromatic heterocycles. The fraction of sp³-hybridized carbons (Fsp3) is 0.350. The van der Waals surface area contributed by atoms with Gasteiger partial charge in [0.2, 0.25) is 5.91 Å². The molecule has 0 aliphatic carbocycles. The summed E-state index contributed by atoms with van der Waals surface area (Å²) in [6, 6.07) is 12.3. The highest BCUT2D eigenvalue weighted by Gasteiger charge is 2.40. The predicted molar refractivity (Wildman–Crippen MR) is 94.7 cm³/mol. The molecular formula is C20H24N2O. The maximum atomic E-state index is 12.4. The van der Waals surface area contributed by atoms with E-state index in [0.29, 0.717) is 0 Å². The highest BCUT2D eigenvalue weighted by atomic mass is 16.2. The first-order chi connectivity index (χ1) is 10.8. The third kappa shape index (κ3) is 2.55. The summed E-state index contributed by atoms with van der Waals surface area (Å²) in [4.78, 5) is 12.4. The Bertz CT molecular complexity index is 760. The van der Waals surface area contributed by atoms with Crippen molar-refractivity contribution in [2.24, 2.45) is 5.73 Å². The molecule has 23 heavy (non-hydrogen) atoms. The SMILES string of the molecule is CCc1cc(C(N)c2ccc(C)cc2)c2c(c1)C(C)(C)C(=O)N2. The molecule has 3 rings (SSSR count). The largest absolute Gasteiger partial charge is 0.325 e. The van der Waals surface area contributed by atoms with Gasteiger partial charge < -0.3 is 11.1 Å². The van der Waals surface area contributed by atoms with Crippen molar-refractivity contribution < 1.29 is 4.79 Å². The van der Waals surface area contributed by atoms with E-state index in [2.05, 4.69) is 55.6 Å². The van der Waals surface area contributed by atoms with E-state index in [1.807, 2.05) is 13.8 Å². The number of benzene rings is 2. The van der Waals surface area contributed by atoms with Crippen LogP contribution in [0, 0.1) is 6.92 Å². The van der Waals surface area contributed by atoms with Crippen LogP contribution < -0.4 is 11.1 Å². The van der Waals surface area contributed by atoms with Crippen molar-refractivity contribution in [3.63, 3.8) is 0 Å². The Kier molecular flexibility index (Phi) is 3.77. The standard InChI is InChI=1S/C20H24N2O/c1-5-13-10-15(17(21)14-8-6-12(2)7-9-14)18-16(11-13)20(3,4)19(23)22-18/h6-11,17H,5,21H2,1-4H3,(H,22,23). The molecule has 0 saturated heterocycles. The van der Waals surface area contributed by atoms with E-state index in [4.69, 9.17) is 5.73 Å². The molecule has 0 spiro atoms. The van der Waals surface area contributed by atoms with E-state index in [-0.39, 0.29) is 11.9 Å². The minimum absolute atomic E-state index is 0.0399. The molecule has 2 aromatic rings. The summed E-state index contributed by atoms with van der Waals surface area (Å²) >= 11 is 0. The van der Waals surface area contributed by atoms with Crippen molar-refractivity contribution in [1.82, 2.24) is 0 Å². The van der Waals surface area contributed by atoms with Crippen molar-refractivity contribution in [3.05, 3.63) is 64.2 Å². The molecule has 1 aliphatic heterocycles. The molecule has 3 nitrogen and oxygen atoms in total. The maximum absolute atomic E-state index is 12.4. The smallest absolute Gasteiger partial charge is 0.234 e. The van der Waals surface area contributed by atoms with Crippen molar-refractivity contribution >= 4 is 11.6 Å². The van der Waals surface area contributed by atoms with Crippen LogP contribution in [0.25, 0.3) is 0 Å². The molecule has 1 atom stereocenters. The number of aryl methyl sites for hydroxylation is 2. The van der Waals surface area contributed by atoms with Gasteiger partial charge in [-0.1, -0.05) is 48.9 Å². The molecule has 0 radical (unpaired) electrons. The Balaban J connectivity index is 2.15. The van der Waals surface area contributed by atoms with E-state index in [1.54, 1.807) is 0 Å². The number of carbonyl (C=O) groups is 1. The predicted octanol–water partition coefficient (Wildman–Crippen LogP) is 3.84.